The third kappa shape index (κ3) is 6.82. The molecular formula is C26H30N2O5S. The molecule has 3 aromatic carbocycles. The maximum Gasteiger partial charge on any atom is 0.241 e. The lowest BCUT2D eigenvalue weighted by molar-refractivity contribution is -0.122. The molecule has 34 heavy (non-hydrogen) atoms. The van der Waals surface area contributed by atoms with Gasteiger partial charge in [0.15, 0.2) is 0 Å². The molecule has 1 atom stereocenters. The second-order valence-electron chi connectivity index (χ2n) is 7.88. The van der Waals surface area contributed by atoms with Crippen molar-refractivity contribution in [2.24, 2.45) is 0 Å². The van der Waals surface area contributed by atoms with E-state index in [0.29, 0.717) is 24.3 Å². The first-order chi connectivity index (χ1) is 16.3. The predicted octanol–water partition coefficient (Wildman–Crippen LogP) is 3.26. The van der Waals surface area contributed by atoms with E-state index in [2.05, 4.69) is 10.0 Å². The number of hydrogen-bond donors (Lipinski definition) is 2. The Labute approximate surface area is 201 Å². The van der Waals surface area contributed by atoms with E-state index in [-0.39, 0.29) is 17.2 Å². The minimum Gasteiger partial charge on any atom is -0.497 e. The molecule has 8 heteroatoms. The molecule has 0 aromatic heterocycles. The molecule has 0 aliphatic heterocycles. The molecule has 0 spiro atoms. The van der Waals surface area contributed by atoms with Crippen LogP contribution in [0.2, 0.25) is 0 Å². The zero-order valence-electron chi connectivity index (χ0n) is 19.6. The van der Waals surface area contributed by atoms with Gasteiger partial charge in [0.25, 0.3) is 0 Å². The molecule has 0 bridgehead atoms. The topological polar surface area (TPSA) is 93.7 Å². The van der Waals surface area contributed by atoms with Crippen LogP contribution < -0.4 is 19.5 Å². The van der Waals surface area contributed by atoms with Gasteiger partial charge in [-0.3, -0.25) is 4.79 Å². The molecule has 0 aliphatic carbocycles. The Hall–Kier alpha value is -3.36. The van der Waals surface area contributed by atoms with Crippen LogP contribution >= 0.6 is 0 Å². The van der Waals surface area contributed by atoms with Crippen molar-refractivity contribution < 1.29 is 22.7 Å². The summed E-state index contributed by atoms with van der Waals surface area (Å²) in [6.07, 6.45) is 0.835. The van der Waals surface area contributed by atoms with Gasteiger partial charge >= 0.3 is 0 Å². The fourth-order valence-electron chi connectivity index (χ4n) is 3.56. The van der Waals surface area contributed by atoms with E-state index in [9.17, 15) is 13.2 Å². The molecule has 2 N–H and O–H groups in total. The van der Waals surface area contributed by atoms with Gasteiger partial charge in [-0.2, -0.15) is 4.72 Å². The molecule has 7 nitrogen and oxygen atoms in total. The van der Waals surface area contributed by atoms with Gasteiger partial charge in [0, 0.05) is 6.54 Å². The van der Waals surface area contributed by atoms with Crippen LogP contribution in [-0.4, -0.2) is 41.1 Å². The van der Waals surface area contributed by atoms with E-state index < -0.39 is 16.1 Å². The molecule has 0 saturated heterocycles. The summed E-state index contributed by atoms with van der Waals surface area (Å²) in [5.74, 6) is 0.973. The van der Waals surface area contributed by atoms with Crippen molar-refractivity contribution >= 4 is 15.9 Å². The minimum absolute atomic E-state index is 0.0786. The van der Waals surface area contributed by atoms with Crippen molar-refractivity contribution in [1.82, 2.24) is 10.0 Å². The van der Waals surface area contributed by atoms with Crippen molar-refractivity contribution in [3.8, 4) is 11.5 Å². The van der Waals surface area contributed by atoms with Crippen molar-refractivity contribution in [2.75, 3.05) is 20.8 Å². The predicted molar refractivity (Wildman–Crippen MR) is 132 cm³/mol. The monoisotopic (exact) mass is 482 g/mol. The highest BCUT2D eigenvalue weighted by Crippen LogP contribution is 2.21. The summed E-state index contributed by atoms with van der Waals surface area (Å²) < 4.78 is 39.2. The fourth-order valence-corrected chi connectivity index (χ4v) is 4.84. The van der Waals surface area contributed by atoms with Crippen LogP contribution in [0.4, 0.5) is 0 Å². The largest absolute Gasteiger partial charge is 0.497 e. The number of nitrogens with one attached hydrogen (secondary N) is 2. The number of rotatable bonds is 11. The van der Waals surface area contributed by atoms with E-state index >= 15 is 0 Å². The number of amides is 1. The smallest absolute Gasteiger partial charge is 0.241 e. The Morgan fingerprint density at radius 1 is 0.912 bits per heavy atom. The third-order valence-corrected chi connectivity index (χ3v) is 6.91. The lowest BCUT2D eigenvalue weighted by atomic mass is 10.1. The number of sulfonamides is 1. The van der Waals surface area contributed by atoms with Crippen LogP contribution in [-0.2, 0) is 27.7 Å². The zero-order valence-corrected chi connectivity index (χ0v) is 20.4. The first-order valence-corrected chi connectivity index (χ1v) is 12.4. The van der Waals surface area contributed by atoms with Gasteiger partial charge in [-0.25, -0.2) is 8.42 Å². The highest BCUT2D eigenvalue weighted by molar-refractivity contribution is 7.89. The van der Waals surface area contributed by atoms with Crippen molar-refractivity contribution in [2.45, 2.75) is 30.7 Å². The van der Waals surface area contributed by atoms with Crippen LogP contribution in [0.15, 0.2) is 77.7 Å². The standard InChI is InChI=1S/C26H30N2O5S/c1-19-17-23(13-14-25(19)33-3)34(30,31)28-24(18-21-7-5-4-6-8-21)26(29)27-16-15-20-9-11-22(32-2)12-10-20/h4-14,17,24,28H,15-16,18H2,1-3H3,(H,27,29)/t24-/m0/s1. The van der Waals surface area contributed by atoms with E-state index in [0.717, 1.165) is 16.9 Å². The van der Waals surface area contributed by atoms with Crippen molar-refractivity contribution in [3.05, 3.63) is 89.5 Å². The molecule has 0 aliphatic rings. The number of carbonyl (C=O) groups is 1. The Balaban J connectivity index is 1.73. The van der Waals surface area contributed by atoms with Gasteiger partial charge in [0.2, 0.25) is 15.9 Å². The number of methoxy groups -OCH3 is 2. The van der Waals surface area contributed by atoms with Crippen LogP contribution in [0.25, 0.3) is 0 Å². The second-order valence-corrected chi connectivity index (χ2v) is 9.60. The van der Waals surface area contributed by atoms with E-state index in [1.54, 1.807) is 20.1 Å². The quantitative estimate of drug-likeness (QED) is 0.438. The van der Waals surface area contributed by atoms with Gasteiger partial charge in [0.05, 0.1) is 19.1 Å². The molecule has 0 radical (unpaired) electrons. The van der Waals surface area contributed by atoms with E-state index in [4.69, 9.17) is 9.47 Å². The van der Waals surface area contributed by atoms with Crippen molar-refractivity contribution in [1.29, 1.82) is 0 Å². The number of aryl methyl sites for hydroxylation is 1. The van der Waals surface area contributed by atoms with Crippen LogP contribution in [0.3, 0.4) is 0 Å². The van der Waals surface area contributed by atoms with Gasteiger partial charge < -0.3 is 14.8 Å². The summed E-state index contributed by atoms with van der Waals surface area (Å²) >= 11 is 0. The zero-order chi connectivity index (χ0) is 24.6. The lowest BCUT2D eigenvalue weighted by Crippen LogP contribution is -2.48. The number of hydrogen-bond acceptors (Lipinski definition) is 5. The maximum absolute atomic E-state index is 13.1. The Kier molecular flexibility index (Phi) is 8.67. The number of carbonyl (C=O) groups excluding carboxylic acids is 1. The summed E-state index contributed by atoms with van der Waals surface area (Å²) in [6, 6.07) is 20.5. The SMILES string of the molecule is COc1ccc(CCNC(=O)[C@H](Cc2ccccc2)NS(=O)(=O)c2ccc(OC)c(C)c2)cc1. The Morgan fingerprint density at radius 3 is 2.24 bits per heavy atom. The van der Waals surface area contributed by atoms with Gasteiger partial charge in [-0.1, -0.05) is 42.5 Å². The molecular weight excluding hydrogens is 452 g/mol. The molecule has 1 amide bonds. The van der Waals surface area contributed by atoms with Crippen LogP contribution in [0.5, 0.6) is 11.5 Å². The van der Waals surface area contributed by atoms with Gasteiger partial charge in [-0.05, 0) is 66.8 Å². The van der Waals surface area contributed by atoms with Crippen LogP contribution in [0.1, 0.15) is 16.7 Å². The summed E-state index contributed by atoms with van der Waals surface area (Å²) in [6.45, 7) is 2.14. The fraction of sp³-hybridized carbons (Fsp3) is 0.269. The van der Waals surface area contributed by atoms with E-state index in [1.165, 1.54) is 19.2 Å². The lowest BCUT2D eigenvalue weighted by Gasteiger charge is -2.19. The molecule has 0 fully saturated rings. The highest BCUT2D eigenvalue weighted by atomic mass is 32.2. The first kappa shape index (κ1) is 25.3. The number of benzene rings is 3. The molecule has 0 saturated carbocycles. The summed E-state index contributed by atoms with van der Waals surface area (Å²) in [5.41, 5.74) is 2.58. The normalized spacial score (nSPS) is 12.1. The van der Waals surface area contributed by atoms with E-state index in [1.807, 2.05) is 54.6 Å². The van der Waals surface area contributed by atoms with Gasteiger partial charge in [0.1, 0.15) is 17.5 Å². The summed E-state index contributed by atoms with van der Waals surface area (Å²) in [5, 5.41) is 2.87. The maximum atomic E-state index is 13.1. The Bertz CT molecular complexity index is 1200. The van der Waals surface area contributed by atoms with Crippen molar-refractivity contribution in [3.63, 3.8) is 0 Å². The second kappa shape index (κ2) is 11.7. The minimum atomic E-state index is -3.94. The molecule has 0 unspecified atom stereocenters. The summed E-state index contributed by atoms with van der Waals surface area (Å²) in [7, 11) is -0.801. The van der Waals surface area contributed by atoms with Gasteiger partial charge in [-0.15, -0.1) is 0 Å². The average Bonchev–Trinajstić information content (AvgIpc) is 2.84. The third-order valence-electron chi connectivity index (χ3n) is 5.45. The average molecular weight is 483 g/mol. The molecule has 3 rings (SSSR count). The highest BCUT2D eigenvalue weighted by Gasteiger charge is 2.26. The molecule has 3 aromatic rings. The van der Waals surface area contributed by atoms with Crippen LogP contribution in [0, 0.1) is 6.92 Å². The first-order valence-electron chi connectivity index (χ1n) is 10.9. The Morgan fingerprint density at radius 2 is 1.62 bits per heavy atom. The molecule has 0 heterocycles. The number of ether oxygens (including phenoxy) is 2. The molecule has 180 valence electrons. The summed E-state index contributed by atoms with van der Waals surface area (Å²) in [4.78, 5) is 13.1.